The highest BCUT2D eigenvalue weighted by molar-refractivity contribution is 7.07. The van der Waals surface area contributed by atoms with E-state index in [1.165, 1.54) is 5.56 Å². The van der Waals surface area contributed by atoms with Gasteiger partial charge < -0.3 is 10.4 Å². The van der Waals surface area contributed by atoms with Crippen LogP contribution in [0.1, 0.15) is 38.2 Å². The van der Waals surface area contributed by atoms with Crippen molar-refractivity contribution in [1.82, 2.24) is 5.32 Å². The van der Waals surface area contributed by atoms with Crippen LogP contribution in [0.25, 0.3) is 0 Å². The summed E-state index contributed by atoms with van der Waals surface area (Å²) in [6, 6.07) is 2.13. The molecule has 1 aliphatic rings. The van der Waals surface area contributed by atoms with Crippen LogP contribution in [-0.4, -0.2) is 17.3 Å². The lowest BCUT2D eigenvalue weighted by Crippen LogP contribution is -2.43. The van der Waals surface area contributed by atoms with Crippen molar-refractivity contribution in [3.63, 3.8) is 0 Å². The van der Waals surface area contributed by atoms with Gasteiger partial charge in [-0.3, -0.25) is 0 Å². The van der Waals surface area contributed by atoms with Crippen LogP contribution in [0.5, 0.6) is 0 Å². The number of hydrogen-bond acceptors (Lipinski definition) is 3. The Morgan fingerprint density at radius 2 is 2.25 bits per heavy atom. The van der Waals surface area contributed by atoms with Crippen molar-refractivity contribution < 1.29 is 5.11 Å². The predicted octanol–water partition coefficient (Wildman–Crippen LogP) is 2.78. The molecule has 2 nitrogen and oxygen atoms in total. The summed E-state index contributed by atoms with van der Waals surface area (Å²) in [7, 11) is 0. The number of hydrogen-bond donors (Lipinski definition) is 2. The molecule has 16 heavy (non-hydrogen) atoms. The third-order valence-corrected chi connectivity index (χ3v) is 4.30. The summed E-state index contributed by atoms with van der Waals surface area (Å²) in [6.07, 6.45) is 4.23. The highest BCUT2D eigenvalue weighted by atomic mass is 32.1. The summed E-state index contributed by atoms with van der Waals surface area (Å²) in [4.78, 5) is 0. The Labute approximate surface area is 102 Å². The van der Waals surface area contributed by atoms with Gasteiger partial charge in [-0.05, 0) is 54.0 Å². The average molecular weight is 239 g/mol. The topological polar surface area (TPSA) is 32.3 Å². The number of aliphatic hydroxyl groups is 1. The molecular formula is C13H21NOS. The van der Waals surface area contributed by atoms with Gasteiger partial charge in [0, 0.05) is 13.1 Å². The van der Waals surface area contributed by atoms with Gasteiger partial charge in [0.1, 0.15) is 0 Å². The second-order valence-electron chi connectivity index (χ2n) is 5.14. The number of thiophene rings is 1. The zero-order valence-electron chi connectivity index (χ0n) is 9.91. The van der Waals surface area contributed by atoms with Gasteiger partial charge in [-0.25, -0.2) is 0 Å². The van der Waals surface area contributed by atoms with Crippen molar-refractivity contribution in [2.45, 2.75) is 44.8 Å². The first-order valence-corrected chi connectivity index (χ1v) is 7.06. The molecular weight excluding hydrogens is 218 g/mol. The molecule has 0 atom stereocenters. The molecule has 0 bridgehead atoms. The molecule has 2 rings (SSSR count). The minimum Gasteiger partial charge on any atom is -0.389 e. The fourth-order valence-corrected chi connectivity index (χ4v) is 2.98. The van der Waals surface area contributed by atoms with E-state index in [2.05, 4.69) is 29.1 Å². The fourth-order valence-electron chi connectivity index (χ4n) is 2.31. The summed E-state index contributed by atoms with van der Waals surface area (Å²) < 4.78 is 0. The van der Waals surface area contributed by atoms with Crippen molar-refractivity contribution in [2.24, 2.45) is 5.92 Å². The minimum atomic E-state index is -0.456. The molecule has 3 heteroatoms. The van der Waals surface area contributed by atoms with E-state index in [-0.39, 0.29) is 0 Å². The van der Waals surface area contributed by atoms with E-state index in [1.54, 1.807) is 11.3 Å². The summed E-state index contributed by atoms with van der Waals surface area (Å²) in [6.45, 7) is 3.88. The van der Waals surface area contributed by atoms with Crippen LogP contribution >= 0.6 is 11.3 Å². The molecule has 0 aromatic carbocycles. The molecule has 1 saturated carbocycles. The molecule has 1 aromatic rings. The highest BCUT2D eigenvalue weighted by Gasteiger charge is 2.31. The number of rotatable bonds is 4. The lowest BCUT2D eigenvalue weighted by atomic mass is 9.79. The van der Waals surface area contributed by atoms with E-state index >= 15 is 0 Å². The Morgan fingerprint density at radius 3 is 2.88 bits per heavy atom. The summed E-state index contributed by atoms with van der Waals surface area (Å²) in [5, 5.41) is 18.0. The van der Waals surface area contributed by atoms with Crippen molar-refractivity contribution in [3.8, 4) is 0 Å². The molecule has 0 saturated heterocycles. The van der Waals surface area contributed by atoms with Crippen LogP contribution in [-0.2, 0) is 6.54 Å². The molecule has 0 aliphatic heterocycles. The summed E-state index contributed by atoms with van der Waals surface area (Å²) >= 11 is 1.72. The van der Waals surface area contributed by atoms with Gasteiger partial charge >= 0.3 is 0 Å². The van der Waals surface area contributed by atoms with Crippen molar-refractivity contribution in [1.29, 1.82) is 0 Å². The molecule has 2 N–H and O–H groups in total. The predicted molar refractivity (Wildman–Crippen MR) is 68.6 cm³/mol. The van der Waals surface area contributed by atoms with Crippen LogP contribution in [0.15, 0.2) is 16.8 Å². The fraction of sp³-hybridized carbons (Fsp3) is 0.692. The van der Waals surface area contributed by atoms with Gasteiger partial charge in [0.25, 0.3) is 0 Å². The van der Waals surface area contributed by atoms with Crippen molar-refractivity contribution in [2.75, 3.05) is 6.54 Å². The molecule has 0 spiro atoms. The maximum atomic E-state index is 10.4. The third-order valence-electron chi connectivity index (χ3n) is 3.57. The van der Waals surface area contributed by atoms with E-state index in [4.69, 9.17) is 0 Å². The lowest BCUT2D eigenvalue weighted by Gasteiger charge is -2.35. The quantitative estimate of drug-likeness (QED) is 0.847. The summed E-state index contributed by atoms with van der Waals surface area (Å²) in [5.41, 5.74) is 0.862. The van der Waals surface area contributed by atoms with Gasteiger partial charge in [0.2, 0.25) is 0 Å². The van der Waals surface area contributed by atoms with Gasteiger partial charge in [0.15, 0.2) is 0 Å². The number of nitrogens with one attached hydrogen (secondary N) is 1. The largest absolute Gasteiger partial charge is 0.389 e. The van der Waals surface area contributed by atoms with Gasteiger partial charge in [-0.15, -0.1) is 0 Å². The zero-order valence-corrected chi connectivity index (χ0v) is 10.7. The monoisotopic (exact) mass is 239 g/mol. The Morgan fingerprint density at radius 1 is 1.50 bits per heavy atom. The van der Waals surface area contributed by atoms with Gasteiger partial charge in [-0.1, -0.05) is 6.92 Å². The van der Waals surface area contributed by atoms with Crippen LogP contribution in [0.3, 0.4) is 0 Å². The molecule has 0 unspecified atom stereocenters. The van der Waals surface area contributed by atoms with E-state index in [1.807, 2.05) is 0 Å². The first-order chi connectivity index (χ1) is 7.68. The van der Waals surface area contributed by atoms with Crippen LogP contribution in [0.4, 0.5) is 0 Å². The molecule has 1 fully saturated rings. The smallest absolute Gasteiger partial charge is 0.0771 e. The normalized spacial score (nSPS) is 30.5. The van der Waals surface area contributed by atoms with Crippen molar-refractivity contribution in [3.05, 3.63) is 22.4 Å². The average Bonchev–Trinajstić information content (AvgIpc) is 2.76. The highest BCUT2D eigenvalue weighted by Crippen LogP contribution is 2.31. The molecule has 1 heterocycles. The molecule has 0 amide bonds. The lowest BCUT2D eigenvalue weighted by molar-refractivity contribution is -0.00629. The first kappa shape index (κ1) is 12.1. The third kappa shape index (κ3) is 3.30. The van der Waals surface area contributed by atoms with Crippen LogP contribution in [0.2, 0.25) is 0 Å². The second-order valence-corrected chi connectivity index (χ2v) is 5.92. The maximum Gasteiger partial charge on any atom is 0.0771 e. The Kier molecular flexibility index (Phi) is 4.00. The molecule has 1 aliphatic carbocycles. The first-order valence-electron chi connectivity index (χ1n) is 6.12. The SMILES string of the molecule is CC1CCC(O)(CNCc2ccsc2)CC1. The maximum absolute atomic E-state index is 10.4. The Bertz CT molecular complexity index is 302. The van der Waals surface area contributed by atoms with Gasteiger partial charge in [-0.2, -0.15) is 11.3 Å². The van der Waals surface area contributed by atoms with E-state index in [0.717, 1.165) is 44.7 Å². The Balaban J connectivity index is 1.73. The van der Waals surface area contributed by atoms with Gasteiger partial charge in [0.05, 0.1) is 5.60 Å². The molecule has 1 aromatic heterocycles. The Hall–Kier alpha value is -0.380. The van der Waals surface area contributed by atoms with Crippen molar-refractivity contribution >= 4 is 11.3 Å². The van der Waals surface area contributed by atoms with Crippen LogP contribution in [0, 0.1) is 5.92 Å². The van der Waals surface area contributed by atoms with E-state index < -0.39 is 5.60 Å². The van der Waals surface area contributed by atoms with Crippen LogP contribution < -0.4 is 5.32 Å². The second kappa shape index (κ2) is 5.30. The molecule has 90 valence electrons. The minimum absolute atomic E-state index is 0.456. The van der Waals surface area contributed by atoms with E-state index in [0.29, 0.717) is 0 Å². The molecule has 0 radical (unpaired) electrons. The van der Waals surface area contributed by atoms with E-state index in [9.17, 15) is 5.11 Å². The zero-order chi connectivity index (χ0) is 11.4. The summed E-state index contributed by atoms with van der Waals surface area (Å²) in [5.74, 6) is 0.789. The standard InChI is InChI=1S/C13H21NOS/c1-11-2-5-13(15,6-3-11)10-14-8-12-4-7-16-9-12/h4,7,9,11,14-15H,2-3,5-6,8,10H2,1H3.